The predicted octanol–water partition coefficient (Wildman–Crippen LogP) is 4.10. The molecule has 1 nitrogen and oxygen atoms in total. The molecule has 1 aromatic heterocycles. The summed E-state index contributed by atoms with van der Waals surface area (Å²) in [5.41, 5.74) is 2.13. The Bertz CT molecular complexity index is 384. The van der Waals surface area contributed by atoms with Crippen molar-refractivity contribution in [2.45, 2.75) is 52.0 Å². The molecule has 2 bridgehead atoms. The van der Waals surface area contributed by atoms with Gasteiger partial charge in [-0.3, -0.25) is 0 Å². The molecule has 1 heterocycles. The average molecular weight is 263 g/mol. The minimum Gasteiger partial charge on any atom is -0.314 e. The van der Waals surface area contributed by atoms with Gasteiger partial charge in [-0.05, 0) is 65.3 Å². The number of thiophene rings is 1. The predicted molar refractivity (Wildman–Crippen MR) is 79.0 cm³/mol. The van der Waals surface area contributed by atoms with Crippen LogP contribution in [0.5, 0.6) is 0 Å². The highest BCUT2D eigenvalue weighted by molar-refractivity contribution is 7.07. The molecule has 2 aliphatic rings. The van der Waals surface area contributed by atoms with Crippen molar-refractivity contribution in [1.29, 1.82) is 0 Å². The van der Waals surface area contributed by atoms with Gasteiger partial charge in [-0.25, -0.2) is 0 Å². The highest BCUT2D eigenvalue weighted by Gasteiger charge is 2.50. The molecular weight excluding hydrogens is 238 g/mol. The minimum atomic E-state index is 0.564. The second-order valence-corrected chi connectivity index (χ2v) is 7.57. The number of rotatable bonds is 5. The lowest BCUT2D eigenvalue weighted by Gasteiger charge is -2.39. The van der Waals surface area contributed by atoms with Crippen LogP contribution in [0.1, 0.15) is 45.1 Å². The molecule has 3 unspecified atom stereocenters. The third-order valence-electron chi connectivity index (χ3n) is 5.10. The van der Waals surface area contributed by atoms with Crippen molar-refractivity contribution in [2.24, 2.45) is 17.3 Å². The van der Waals surface area contributed by atoms with Crippen molar-refractivity contribution >= 4 is 11.3 Å². The van der Waals surface area contributed by atoms with Crippen molar-refractivity contribution in [3.63, 3.8) is 0 Å². The summed E-state index contributed by atoms with van der Waals surface area (Å²) in [5.74, 6) is 2.01. The van der Waals surface area contributed by atoms with E-state index >= 15 is 0 Å². The number of fused-ring (bicyclic) bond motifs is 2. The molecule has 1 aromatic rings. The highest BCUT2D eigenvalue weighted by Crippen LogP contribution is 2.57. The summed E-state index contributed by atoms with van der Waals surface area (Å²) < 4.78 is 0. The van der Waals surface area contributed by atoms with E-state index in [2.05, 4.69) is 36.0 Å². The normalized spacial score (nSPS) is 34.6. The summed E-state index contributed by atoms with van der Waals surface area (Å²) in [7, 11) is 0. The van der Waals surface area contributed by atoms with Crippen molar-refractivity contribution < 1.29 is 0 Å². The Morgan fingerprint density at radius 1 is 1.44 bits per heavy atom. The number of hydrogen-bond acceptors (Lipinski definition) is 2. The van der Waals surface area contributed by atoms with Crippen molar-refractivity contribution in [2.75, 3.05) is 6.54 Å². The fourth-order valence-corrected chi connectivity index (χ4v) is 4.93. The van der Waals surface area contributed by atoms with Crippen LogP contribution >= 0.6 is 11.3 Å². The second kappa shape index (κ2) is 4.97. The van der Waals surface area contributed by atoms with Crippen LogP contribution < -0.4 is 5.32 Å². The van der Waals surface area contributed by atoms with Crippen molar-refractivity contribution in [3.8, 4) is 0 Å². The first kappa shape index (κ1) is 12.7. The molecule has 18 heavy (non-hydrogen) atoms. The van der Waals surface area contributed by atoms with Crippen LogP contribution in [0.3, 0.4) is 0 Å². The Kier molecular flexibility index (Phi) is 3.50. The minimum absolute atomic E-state index is 0.564. The molecule has 0 amide bonds. The van der Waals surface area contributed by atoms with E-state index in [1.165, 1.54) is 38.6 Å². The summed E-state index contributed by atoms with van der Waals surface area (Å²) in [6, 6.07) is 2.94. The molecule has 0 aromatic carbocycles. The van der Waals surface area contributed by atoms with E-state index in [9.17, 15) is 0 Å². The monoisotopic (exact) mass is 263 g/mol. The smallest absolute Gasteiger partial charge is 0.00161 e. The van der Waals surface area contributed by atoms with Gasteiger partial charge >= 0.3 is 0 Å². The number of hydrogen-bond donors (Lipinski definition) is 1. The van der Waals surface area contributed by atoms with Crippen LogP contribution in [0.4, 0.5) is 0 Å². The molecular formula is C16H25NS. The third-order valence-corrected chi connectivity index (χ3v) is 5.83. The van der Waals surface area contributed by atoms with Crippen LogP contribution in [0, 0.1) is 17.3 Å². The molecule has 0 saturated heterocycles. The van der Waals surface area contributed by atoms with Gasteiger partial charge in [0.2, 0.25) is 0 Å². The first-order valence-corrected chi connectivity index (χ1v) is 8.37. The lowest BCUT2D eigenvalue weighted by molar-refractivity contribution is 0.152. The van der Waals surface area contributed by atoms with E-state index < -0.39 is 0 Å². The molecule has 100 valence electrons. The zero-order chi connectivity index (χ0) is 12.6. The average Bonchev–Trinajstić information content (AvgIpc) is 3.02. The Balaban J connectivity index is 1.75. The second-order valence-electron chi connectivity index (χ2n) is 6.79. The molecule has 0 aliphatic heterocycles. The molecule has 0 radical (unpaired) electrons. The maximum Gasteiger partial charge on any atom is 0.00161 e. The molecule has 1 N–H and O–H groups in total. The van der Waals surface area contributed by atoms with Gasteiger partial charge in [-0.15, -0.1) is 0 Å². The van der Waals surface area contributed by atoms with Crippen molar-refractivity contribution in [3.05, 3.63) is 22.4 Å². The van der Waals surface area contributed by atoms with E-state index in [0.29, 0.717) is 11.5 Å². The first-order chi connectivity index (χ1) is 8.68. The van der Waals surface area contributed by atoms with Crippen molar-refractivity contribution in [1.82, 2.24) is 5.32 Å². The Morgan fingerprint density at radius 2 is 2.33 bits per heavy atom. The van der Waals surface area contributed by atoms with Gasteiger partial charge < -0.3 is 5.32 Å². The van der Waals surface area contributed by atoms with Gasteiger partial charge in [0.1, 0.15) is 0 Å². The zero-order valence-electron chi connectivity index (χ0n) is 11.6. The van der Waals surface area contributed by atoms with Crippen LogP contribution in [0.25, 0.3) is 0 Å². The molecule has 3 rings (SSSR count). The van der Waals surface area contributed by atoms with Crippen LogP contribution in [-0.2, 0) is 6.42 Å². The Hall–Kier alpha value is -0.340. The van der Waals surface area contributed by atoms with E-state index in [1.54, 1.807) is 5.56 Å². The molecule has 3 atom stereocenters. The maximum atomic E-state index is 3.73. The van der Waals surface area contributed by atoms with Crippen LogP contribution in [-0.4, -0.2) is 12.6 Å². The Morgan fingerprint density at radius 3 is 2.89 bits per heavy atom. The van der Waals surface area contributed by atoms with E-state index in [-0.39, 0.29) is 0 Å². The molecule has 0 spiro atoms. The first-order valence-electron chi connectivity index (χ1n) is 7.42. The maximum absolute atomic E-state index is 3.73. The van der Waals surface area contributed by atoms with Gasteiger partial charge in [-0.2, -0.15) is 11.3 Å². The Labute approximate surface area is 115 Å². The lowest BCUT2D eigenvalue weighted by Crippen LogP contribution is -2.42. The summed E-state index contributed by atoms with van der Waals surface area (Å²) in [4.78, 5) is 0. The van der Waals surface area contributed by atoms with Gasteiger partial charge in [0.25, 0.3) is 0 Å². The highest BCUT2D eigenvalue weighted by atomic mass is 32.1. The van der Waals surface area contributed by atoms with E-state index in [1.807, 2.05) is 11.3 Å². The summed E-state index contributed by atoms with van der Waals surface area (Å²) in [5, 5.41) is 8.31. The SMILES string of the molecule is CC(C)NCC1(Cc2ccsc2)CC2CCC1C2. The molecule has 2 heteroatoms. The van der Waals surface area contributed by atoms with Gasteiger partial charge in [-0.1, -0.05) is 20.3 Å². The van der Waals surface area contributed by atoms with Crippen LogP contribution in [0.2, 0.25) is 0 Å². The van der Waals surface area contributed by atoms with E-state index in [0.717, 1.165) is 11.8 Å². The van der Waals surface area contributed by atoms with E-state index in [4.69, 9.17) is 0 Å². The summed E-state index contributed by atoms with van der Waals surface area (Å²) in [6.45, 7) is 5.76. The third kappa shape index (κ3) is 2.37. The zero-order valence-corrected chi connectivity index (χ0v) is 12.4. The van der Waals surface area contributed by atoms with Gasteiger partial charge in [0.15, 0.2) is 0 Å². The fraction of sp³-hybridized carbons (Fsp3) is 0.750. The lowest BCUT2D eigenvalue weighted by atomic mass is 9.69. The summed E-state index contributed by atoms with van der Waals surface area (Å²) in [6.07, 6.45) is 7.25. The van der Waals surface area contributed by atoms with Crippen LogP contribution in [0.15, 0.2) is 16.8 Å². The largest absolute Gasteiger partial charge is 0.314 e. The van der Waals surface area contributed by atoms with Gasteiger partial charge in [0.05, 0.1) is 0 Å². The molecule has 2 saturated carbocycles. The molecule has 2 fully saturated rings. The summed E-state index contributed by atoms with van der Waals surface area (Å²) >= 11 is 1.85. The quantitative estimate of drug-likeness (QED) is 0.843. The van der Waals surface area contributed by atoms with Gasteiger partial charge in [0, 0.05) is 12.6 Å². The number of nitrogens with one attached hydrogen (secondary N) is 1. The topological polar surface area (TPSA) is 12.0 Å². The molecule has 2 aliphatic carbocycles. The standard InChI is InChI=1S/C16H25NS/c1-12(2)17-11-16(9-14-5-6-18-10-14)8-13-3-4-15(16)7-13/h5-6,10,12-13,15,17H,3-4,7-9,11H2,1-2H3. The fourth-order valence-electron chi connectivity index (χ4n) is 4.26.